The fraction of sp³-hybridized carbons (Fsp3) is 0. The average molecular weight is 306 g/mol. The van der Waals surface area contributed by atoms with E-state index in [0.717, 1.165) is 11.3 Å². The van der Waals surface area contributed by atoms with E-state index in [1.807, 2.05) is 36.4 Å². The Kier molecular flexibility index (Phi) is 3.54. The second-order valence-electron chi connectivity index (χ2n) is 3.99. The molecule has 5 nitrogen and oxygen atoms in total. The number of halogens is 2. The first-order valence-electron chi connectivity index (χ1n) is 5.78. The monoisotopic (exact) mass is 305 g/mol. The molecule has 0 aliphatic carbocycles. The third-order valence-corrected chi connectivity index (χ3v) is 3.08. The predicted octanol–water partition coefficient (Wildman–Crippen LogP) is 3.92. The summed E-state index contributed by atoms with van der Waals surface area (Å²) in [6, 6.07) is 11.7. The highest BCUT2D eigenvalue weighted by Gasteiger charge is 2.08. The SMILES string of the molecule is Clc1ncc(Cl)c(Nc2cc(-c3ccccc3)[nH]n2)n1. The van der Waals surface area contributed by atoms with Gasteiger partial charge >= 0.3 is 0 Å². The fourth-order valence-electron chi connectivity index (χ4n) is 1.71. The summed E-state index contributed by atoms with van der Waals surface area (Å²) in [5, 5.41) is 10.6. The first-order valence-corrected chi connectivity index (χ1v) is 6.54. The van der Waals surface area contributed by atoms with Crippen molar-refractivity contribution in [1.82, 2.24) is 20.2 Å². The lowest BCUT2D eigenvalue weighted by molar-refractivity contribution is 1.09. The van der Waals surface area contributed by atoms with E-state index >= 15 is 0 Å². The molecule has 20 heavy (non-hydrogen) atoms. The maximum absolute atomic E-state index is 5.99. The van der Waals surface area contributed by atoms with Crippen LogP contribution in [0.15, 0.2) is 42.6 Å². The van der Waals surface area contributed by atoms with Crippen molar-refractivity contribution in [2.45, 2.75) is 0 Å². The highest BCUT2D eigenvalue weighted by Crippen LogP contribution is 2.25. The van der Waals surface area contributed by atoms with Gasteiger partial charge < -0.3 is 5.32 Å². The van der Waals surface area contributed by atoms with Gasteiger partial charge in [0.1, 0.15) is 5.02 Å². The van der Waals surface area contributed by atoms with E-state index < -0.39 is 0 Å². The molecule has 7 heteroatoms. The van der Waals surface area contributed by atoms with Gasteiger partial charge in [-0.2, -0.15) is 10.1 Å². The zero-order valence-corrected chi connectivity index (χ0v) is 11.7. The molecule has 0 fully saturated rings. The van der Waals surface area contributed by atoms with Crippen molar-refractivity contribution in [1.29, 1.82) is 0 Å². The number of aromatic nitrogens is 4. The van der Waals surface area contributed by atoms with Crippen molar-refractivity contribution in [3.8, 4) is 11.3 Å². The molecule has 0 atom stereocenters. The van der Waals surface area contributed by atoms with Gasteiger partial charge in [0.15, 0.2) is 11.6 Å². The summed E-state index contributed by atoms with van der Waals surface area (Å²) < 4.78 is 0. The minimum absolute atomic E-state index is 0.121. The van der Waals surface area contributed by atoms with Crippen molar-refractivity contribution in [3.05, 3.63) is 52.9 Å². The van der Waals surface area contributed by atoms with Gasteiger partial charge in [0.05, 0.1) is 11.9 Å². The first kappa shape index (κ1) is 12.9. The molecule has 0 amide bonds. The lowest BCUT2D eigenvalue weighted by Gasteiger charge is -2.03. The lowest BCUT2D eigenvalue weighted by atomic mass is 10.2. The Morgan fingerprint density at radius 2 is 1.90 bits per heavy atom. The van der Waals surface area contributed by atoms with Crippen LogP contribution in [0.2, 0.25) is 10.3 Å². The van der Waals surface area contributed by atoms with Gasteiger partial charge in [-0.15, -0.1) is 0 Å². The van der Waals surface area contributed by atoms with Crippen molar-refractivity contribution in [2.24, 2.45) is 0 Å². The minimum atomic E-state index is 0.121. The number of H-pyrrole nitrogens is 1. The Morgan fingerprint density at radius 3 is 2.70 bits per heavy atom. The fourth-order valence-corrected chi connectivity index (χ4v) is 1.98. The van der Waals surface area contributed by atoms with Crippen molar-refractivity contribution in [3.63, 3.8) is 0 Å². The van der Waals surface area contributed by atoms with Crippen LogP contribution in [-0.4, -0.2) is 20.2 Å². The molecular formula is C13H9Cl2N5. The second kappa shape index (κ2) is 5.48. The summed E-state index contributed by atoms with van der Waals surface area (Å²) in [4.78, 5) is 7.80. The van der Waals surface area contributed by atoms with Crippen LogP contribution < -0.4 is 5.32 Å². The molecule has 0 unspecified atom stereocenters. The largest absolute Gasteiger partial charge is 0.322 e. The maximum Gasteiger partial charge on any atom is 0.224 e. The quantitative estimate of drug-likeness (QED) is 0.720. The maximum atomic E-state index is 5.99. The summed E-state index contributed by atoms with van der Waals surface area (Å²) in [7, 11) is 0. The summed E-state index contributed by atoms with van der Waals surface area (Å²) >= 11 is 11.7. The van der Waals surface area contributed by atoms with Crippen molar-refractivity contribution in [2.75, 3.05) is 5.32 Å². The van der Waals surface area contributed by atoms with Gasteiger partial charge in [-0.05, 0) is 17.2 Å². The van der Waals surface area contributed by atoms with Crippen LogP contribution >= 0.6 is 23.2 Å². The summed E-state index contributed by atoms with van der Waals surface area (Å²) in [6.45, 7) is 0. The Bertz CT molecular complexity index is 727. The molecule has 1 aromatic carbocycles. The number of aromatic amines is 1. The summed E-state index contributed by atoms with van der Waals surface area (Å²) in [5.74, 6) is 1.01. The Hall–Kier alpha value is -2.11. The molecule has 0 aliphatic heterocycles. The molecule has 0 saturated carbocycles. The number of hydrogen-bond donors (Lipinski definition) is 2. The van der Waals surface area contributed by atoms with Crippen LogP contribution in [0.1, 0.15) is 0 Å². The molecular weight excluding hydrogens is 297 g/mol. The topological polar surface area (TPSA) is 66.5 Å². The Morgan fingerprint density at radius 1 is 1.10 bits per heavy atom. The number of hydrogen-bond acceptors (Lipinski definition) is 4. The van der Waals surface area contributed by atoms with E-state index in [-0.39, 0.29) is 5.28 Å². The number of rotatable bonds is 3. The van der Waals surface area contributed by atoms with Crippen LogP contribution in [0.4, 0.5) is 11.6 Å². The standard InChI is InChI=1S/C13H9Cl2N5/c14-9-7-16-13(15)18-12(9)17-11-6-10(19-20-11)8-4-2-1-3-5-8/h1-7H,(H2,16,17,18,19,20). The molecule has 0 spiro atoms. The van der Waals surface area contributed by atoms with Gasteiger partial charge in [0.2, 0.25) is 5.28 Å². The molecule has 0 radical (unpaired) electrons. The molecule has 2 aromatic heterocycles. The molecule has 3 aromatic rings. The molecule has 3 rings (SSSR count). The number of nitrogens with one attached hydrogen (secondary N) is 2. The van der Waals surface area contributed by atoms with E-state index in [1.54, 1.807) is 0 Å². The van der Waals surface area contributed by atoms with E-state index in [1.165, 1.54) is 6.20 Å². The molecule has 2 heterocycles. The van der Waals surface area contributed by atoms with Crippen molar-refractivity contribution >= 4 is 34.8 Å². The van der Waals surface area contributed by atoms with Crippen molar-refractivity contribution < 1.29 is 0 Å². The highest BCUT2D eigenvalue weighted by molar-refractivity contribution is 6.33. The minimum Gasteiger partial charge on any atom is -0.322 e. The third-order valence-electron chi connectivity index (χ3n) is 2.62. The molecule has 0 saturated heterocycles. The van der Waals surface area contributed by atoms with Crippen LogP contribution in [0, 0.1) is 0 Å². The third kappa shape index (κ3) is 2.74. The zero-order valence-electron chi connectivity index (χ0n) is 10.1. The lowest BCUT2D eigenvalue weighted by Crippen LogP contribution is -1.96. The van der Waals surface area contributed by atoms with E-state index in [9.17, 15) is 0 Å². The Balaban J connectivity index is 1.86. The van der Waals surface area contributed by atoms with Crippen LogP contribution in [-0.2, 0) is 0 Å². The van der Waals surface area contributed by atoms with Crippen LogP contribution in [0.25, 0.3) is 11.3 Å². The molecule has 0 aliphatic rings. The van der Waals surface area contributed by atoms with Gasteiger partial charge in [-0.3, -0.25) is 5.10 Å². The Labute approximate surface area is 125 Å². The van der Waals surface area contributed by atoms with Crippen LogP contribution in [0.3, 0.4) is 0 Å². The zero-order chi connectivity index (χ0) is 13.9. The van der Waals surface area contributed by atoms with E-state index in [2.05, 4.69) is 25.5 Å². The van der Waals surface area contributed by atoms with E-state index in [4.69, 9.17) is 23.2 Å². The smallest absolute Gasteiger partial charge is 0.224 e. The number of nitrogens with zero attached hydrogens (tertiary/aromatic N) is 3. The predicted molar refractivity (Wildman–Crippen MR) is 79.4 cm³/mol. The van der Waals surface area contributed by atoms with Crippen LogP contribution in [0.5, 0.6) is 0 Å². The van der Waals surface area contributed by atoms with Gasteiger partial charge in [-0.1, -0.05) is 41.9 Å². The van der Waals surface area contributed by atoms with Gasteiger partial charge in [0, 0.05) is 6.07 Å². The number of benzene rings is 1. The second-order valence-corrected chi connectivity index (χ2v) is 4.74. The average Bonchev–Trinajstić information content (AvgIpc) is 2.92. The molecule has 0 bridgehead atoms. The summed E-state index contributed by atoms with van der Waals surface area (Å²) in [6.07, 6.45) is 1.43. The number of anilines is 2. The van der Waals surface area contributed by atoms with E-state index in [0.29, 0.717) is 16.7 Å². The normalized spacial score (nSPS) is 10.5. The van der Waals surface area contributed by atoms with Gasteiger partial charge in [-0.25, -0.2) is 4.98 Å². The highest BCUT2D eigenvalue weighted by atomic mass is 35.5. The first-order chi connectivity index (χ1) is 9.72. The molecule has 2 N–H and O–H groups in total. The van der Waals surface area contributed by atoms with Gasteiger partial charge in [0.25, 0.3) is 0 Å². The molecule has 100 valence electrons. The summed E-state index contributed by atoms with van der Waals surface area (Å²) in [5.41, 5.74) is 1.93.